The lowest BCUT2D eigenvalue weighted by molar-refractivity contribution is 0.256. The lowest BCUT2D eigenvalue weighted by Gasteiger charge is -1.69. The Kier molecular flexibility index (Phi) is 13.7. The van der Waals surface area contributed by atoms with Crippen molar-refractivity contribution in [1.82, 2.24) is 0 Å². The van der Waals surface area contributed by atoms with Gasteiger partial charge in [-0.3, -0.25) is 0 Å². The van der Waals surface area contributed by atoms with Crippen LogP contribution in [0, 0.1) is 0 Å². The molecule has 2 amide bonds. The van der Waals surface area contributed by atoms with Crippen molar-refractivity contribution in [2.45, 2.75) is 0 Å². The molecule has 3 nitrogen and oxygen atoms in total. The van der Waals surface area contributed by atoms with Crippen molar-refractivity contribution < 1.29 is 4.79 Å². The van der Waals surface area contributed by atoms with E-state index in [-0.39, 0.29) is 0 Å². The van der Waals surface area contributed by atoms with E-state index < -0.39 is 6.03 Å². The van der Waals surface area contributed by atoms with Crippen LogP contribution < -0.4 is 11.5 Å². The Labute approximate surface area is 57.0 Å². The molecule has 0 atom stereocenters. The van der Waals surface area contributed by atoms with Crippen molar-refractivity contribution in [3.05, 3.63) is 0 Å². The van der Waals surface area contributed by atoms with Gasteiger partial charge in [0.1, 0.15) is 0 Å². The number of nitrogens with two attached hydrogens (primary N) is 2. The van der Waals surface area contributed by atoms with Gasteiger partial charge in [0, 0.05) is 0 Å². The first kappa shape index (κ1) is 10.9. The van der Waals surface area contributed by atoms with Crippen LogP contribution in [0.15, 0.2) is 0 Å². The van der Waals surface area contributed by atoms with Crippen molar-refractivity contribution in [1.29, 1.82) is 0 Å². The second kappa shape index (κ2) is 10.1. The maximum atomic E-state index is 9.00. The number of rotatable bonds is 1. The Morgan fingerprint density at radius 2 is 1.38 bits per heavy atom. The minimum absolute atomic E-state index is 0.833. The molecule has 0 rings (SSSR count). The summed E-state index contributed by atoms with van der Waals surface area (Å²) in [6, 6.07) is -0.833. The Hall–Kier alpha value is -0.0300. The quantitative estimate of drug-likeness (QED) is 0.545. The van der Waals surface area contributed by atoms with E-state index in [4.69, 9.17) is 4.79 Å². The van der Waals surface area contributed by atoms with E-state index in [9.17, 15) is 0 Å². The van der Waals surface area contributed by atoms with Gasteiger partial charge < -0.3 is 11.5 Å². The van der Waals surface area contributed by atoms with E-state index in [1.54, 1.807) is 21.6 Å². The summed E-state index contributed by atoms with van der Waals surface area (Å²) in [7, 11) is 3.55. The first-order valence-corrected chi connectivity index (χ1v) is 4.73. The van der Waals surface area contributed by atoms with Crippen molar-refractivity contribution in [2.75, 3.05) is 12.5 Å². The smallest absolute Gasteiger partial charge is 0.309 e. The van der Waals surface area contributed by atoms with E-state index in [0.717, 1.165) is 0 Å². The van der Waals surface area contributed by atoms with Gasteiger partial charge in [0.2, 0.25) is 0 Å². The first-order valence-electron chi connectivity index (χ1n) is 1.76. The highest BCUT2D eigenvalue weighted by Gasteiger charge is 1.60. The summed E-state index contributed by atoms with van der Waals surface area (Å²) in [6.07, 6.45) is 4.12. The van der Waals surface area contributed by atoms with Crippen molar-refractivity contribution >= 4 is 27.6 Å². The molecule has 0 heterocycles. The molecule has 0 aliphatic carbocycles. The van der Waals surface area contributed by atoms with Gasteiger partial charge in [-0.1, -0.05) is 21.6 Å². The monoisotopic (exact) mass is 154 g/mol. The molecule has 0 fully saturated rings. The molecule has 0 spiro atoms. The maximum Gasteiger partial charge on any atom is 0.309 e. The molecule has 0 aliphatic heterocycles. The summed E-state index contributed by atoms with van der Waals surface area (Å²) < 4.78 is 0. The summed E-state index contributed by atoms with van der Waals surface area (Å²) in [6.45, 7) is 0. The van der Waals surface area contributed by atoms with E-state index in [0.29, 0.717) is 0 Å². The predicted molar refractivity (Wildman–Crippen MR) is 40.8 cm³/mol. The molecule has 0 aliphatic rings. The molecule has 4 N–H and O–H groups in total. The van der Waals surface area contributed by atoms with Crippen LogP contribution >= 0.6 is 21.6 Å². The van der Waals surface area contributed by atoms with Gasteiger partial charge in [-0.2, -0.15) is 0 Å². The lowest BCUT2D eigenvalue weighted by atomic mass is 11.2. The normalized spacial score (nSPS) is 6.75. The van der Waals surface area contributed by atoms with Crippen LogP contribution in [0.2, 0.25) is 0 Å². The Morgan fingerprint density at radius 3 is 1.38 bits per heavy atom. The lowest BCUT2D eigenvalue weighted by Crippen LogP contribution is -2.18. The van der Waals surface area contributed by atoms with Crippen LogP contribution in [-0.2, 0) is 0 Å². The van der Waals surface area contributed by atoms with Crippen LogP contribution in [-0.4, -0.2) is 18.5 Å². The zero-order chi connectivity index (χ0) is 6.99. The van der Waals surface area contributed by atoms with Gasteiger partial charge in [-0.15, -0.1) is 0 Å². The summed E-state index contributed by atoms with van der Waals surface area (Å²) >= 11 is 0. The number of hydrogen-bond acceptors (Lipinski definition) is 3. The molecule has 0 radical (unpaired) electrons. The van der Waals surface area contributed by atoms with E-state index in [2.05, 4.69) is 24.0 Å². The number of carbonyl (C=O) groups is 1. The van der Waals surface area contributed by atoms with Gasteiger partial charge >= 0.3 is 6.03 Å². The van der Waals surface area contributed by atoms with Crippen LogP contribution in [0.5, 0.6) is 0 Å². The highest BCUT2D eigenvalue weighted by atomic mass is 33.1. The van der Waals surface area contributed by atoms with Crippen LogP contribution in [0.4, 0.5) is 4.79 Å². The molecule has 0 aromatic heterocycles. The number of amides is 2. The molecule has 0 saturated heterocycles. The number of hydrogen-bond donors (Lipinski definition) is 2. The Bertz CT molecular complexity index is 53.2. The van der Waals surface area contributed by atoms with Crippen LogP contribution in [0.1, 0.15) is 0 Å². The minimum atomic E-state index is -0.833. The van der Waals surface area contributed by atoms with Gasteiger partial charge in [0.25, 0.3) is 0 Å². The summed E-state index contributed by atoms with van der Waals surface area (Å²) in [5.41, 5.74) is 8.50. The minimum Gasteiger partial charge on any atom is -0.352 e. The molecular weight excluding hydrogens is 144 g/mol. The summed E-state index contributed by atoms with van der Waals surface area (Å²) in [4.78, 5) is 9.00. The molecule has 0 aromatic rings. The average Bonchev–Trinajstić information content (AvgIpc) is 1.65. The number of primary amides is 2. The average molecular weight is 154 g/mol. The van der Waals surface area contributed by atoms with Crippen molar-refractivity contribution in [3.63, 3.8) is 0 Å². The van der Waals surface area contributed by atoms with Crippen LogP contribution in [0.3, 0.4) is 0 Å². The molecule has 0 bridgehead atoms. The third-order valence-corrected chi connectivity index (χ3v) is 1.50. The van der Waals surface area contributed by atoms with E-state index in [1.165, 1.54) is 0 Å². The molecule has 0 saturated carbocycles. The zero-order valence-corrected chi connectivity index (χ0v) is 6.51. The van der Waals surface area contributed by atoms with Crippen molar-refractivity contribution in [2.24, 2.45) is 11.5 Å². The molecule has 50 valence electrons. The Balaban J connectivity index is 0. The van der Waals surface area contributed by atoms with Gasteiger partial charge in [-0.25, -0.2) is 4.79 Å². The first-order chi connectivity index (χ1) is 3.65. The van der Waals surface area contributed by atoms with Crippen molar-refractivity contribution in [3.8, 4) is 0 Å². The highest BCUT2D eigenvalue weighted by Crippen LogP contribution is 2.09. The molecule has 0 aromatic carbocycles. The zero-order valence-electron chi connectivity index (χ0n) is 4.88. The third-order valence-electron chi connectivity index (χ3n) is 0.167. The molecule has 0 unspecified atom stereocenters. The standard InChI is InChI=1S/C2H6S2.CH4N2O/c1-3-4-2;2-1(3)4/h1-2H3;(H4,2,3,4). The SMILES string of the molecule is CSSC.NC(N)=O. The van der Waals surface area contributed by atoms with Gasteiger partial charge in [-0.05, 0) is 12.5 Å². The Morgan fingerprint density at radius 1 is 1.25 bits per heavy atom. The fraction of sp³-hybridized carbons (Fsp3) is 0.667. The molecule has 5 heteroatoms. The fourth-order valence-electron chi connectivity index (χ4n) is 0. The summed E-state index contributed by atoms with van der Waals surface area (Å²) in [5.74, 6) is 0. The predicted octanol–water partition coefficient (Wildman–Crippen LogP) is 0.651. The molecular formula is C3H10N2OS2. The second-order valence-corrected chi connectivity index (χ2v) is 3.40. The fourth-order valence-corrected chi connectivity index (χ4v) is 0. The van der Waals surface area contributed by atoms with E-state index >= 15 is 0 Å². The highest BCUT2D eigenvalue weighted by molar-refractivity contribution is 8.76. The number of urea groups is 1. The second-order valence-electron chi connectivity index (χ2n) is 0.736. The topological polar surface area (TPSA) is 69.1 Å². The van der Waals surface area contributed by atoms with E-state index in [1.807, 2.05) is 0 Å². The largest absolute Gasteiger partial charge is 0.352 e. The maximum absolute atomic E-state index is 9.00. The summed E-state index contributed by atoms with van der Waals surface area (Å²) in [5, 5.41) is 0. The van der Waals surface area contributed by atoms with Gasteiger partial charge in [0.15, 0.2) is 0 Å². The number of carbonyl (C=O) groups excluding carboxylic acids is 1. The van der Waals surface area contributed by atoms with Crippen LogP contribution in [0.25, 0.3) is 0 Å². The third kappa shape index (κ3) is 157. The molecule has 8 heavy (non-hydrogen) atoms. The van der Waals surface area contributed by atoms with Gasteiger partial charge in [0.05, 0.1) is 0 Å².